The molecule has 172 valence electrons. The minimum Gasteiger partial charge on any atom is -0.475 e. The van der Waals surface area contributed by atoms with Gasteiger partial charge in [-0.2, -0.15) is 0 Å². The van der Waals surface area contributed by atoms with E-state index in [0.29, 0.717) is 24.3 Å². The van der Waals surface area contributed by atoms with Crippen molar-refractivity contribution in [3.05, 3.63) is 70.3 Å². The number of hydrogen-bond acceptors (Lipinski definition) is 4. The maximum Gasteiger partial charge on any atom is 0.222 e. The SMILES string of the molecule is CC1(C)COC(c2c(F)cc(F)cc2F)=N1.CC1(C)COC(c2c(F)cc(F)cc2F)=N1. The predicted octanol–water partition coefficient (Wildman–Crippen LogP) is 5.32. The lowest BCUT2D eigenvalue weighted by Crippen LogP contribution is -2.17. The Balaban J connectivity index is 0.000000181. The molecular formula is C22H20F6N2O2. The topological polar surface area (TPSA) is 43.2 Å². The largest absolute Gasteiger partial charge is 0.475 e. The van der Waals surface area contributed by atoms with E-state index in [9.17, 15) is 26.3 Å². The first kappa shape index (κ1) is 23.6. The van der Waals surface area contributed by atoms with Gasteiger partial charge in [0.15, 0.2) is 0 Å². The number of ether oxygens (including phenoxy) is 2. The second kappa shape index (κ2) is 8.48. The number of hydrogen-bond donors (Lipinski definition) is 0. The van der Waals surface area contributed by atoms with Gasteiger partial charge in [-0.25, -0.2) is 36.3 Å². The van der Waals surface area contributed by atoms with Gasteiger partial charge in [-0.3, -0.25) is 0 Å². The number of nitrogens with zero attached hydrogens (tertiary/aromatic N) is 2. The summed E-state index contributed by atoms with van der Waals surface area (Å²) in [6.07, 6.45) is 0. The molecule has 2 heterocycles. The van der Waals surface area contributed by atoms with Crippen molar-refractivity contribution in [2.45, 2.75) is 38.8 Å². The Bertz CT molecular complexity index is 978. The number of aliphatic imine (C=N–C) groups is 2. The van der Waals surface area contributed by atoms with Gasteiger partial charge in [0, 0.05) is 24.3 Å². The lowest BCUT2D eigenvalue weighted by Gasteiger charge is -2.07. The van der Waals surface area contributed by atoms with Gasteiger partial charge in [0.25, 0.3) is 0 Å². The van der Waals surface area contributed by atoms with Gasteiger partial charge in [-0.1, -0.05) is 0 Å². The molecule has 2 aliphatic heterocycles. The molecule has 0 unspecified atom stereocenters. The maximum absolute atomic E-state index is 13.4. The first-order chi connectivity index (χ1) is 14.8. The summed E-state index contributed by atoms with van der Waals surface area (Å²) in [6, 6.07) is 2.43. The van der Waals surface area contributed by atoms with Crippen molar-refractivity contribution in [3.63, 3.8) is 0 Å². The van der Waals surface area contributed by atoms with E-state index in [-0.39, 0.29) is 25.0 Å². The third-order valence-corrected chi connectivity index (χ3v) is 4.37. The molecule has 0 bridgehead atoms. The third-order valence-electron chi connectivity index (χ3n) is 4.37. The van der Waals surface area contributed by atoms with Crippen LogP contribution in [0.25, 0.3) is 0 Å². The monoisotopic (exact) mass is 458 g/mol. The lowest BCUT2D eigenvalue weighted by molar-refractivity contribution is 0.278. The van der Waals surface area contributed by atoms with Crippen LogP contribution >= 0.6 is 0 Å². The quantitative estimate of drug-likeness (QED) is 0.572. The first-order valence-electron chi connectivity index (χ1n) is 9.53. The number of benzene rings is 2. The molecule has 0 atom stereocenters. The smallest absolute Gasteiger partial charge is 0.222 e. The minimum atomic E-state index is -1.01. The van der Waals surface area contributed by atoms with Crippen LogP contribution in [0.15, 0.2) is 34.3 Å². The summed E-state index contributed by atoms with van der Waals surface area (Å²) in [7, 11) is 0. The molecule has 0 N–H and O–H groups in total. The molecule has 32 heavy (non-hydrogen) atoms. The second-order valence-corrected chi connectivity index (χ2v) is 8.53. The molecule has 4 rings (SSSR count). The highest BCUT2D eigenvalue weighted by Gasteiger charge is 2.31. The summed E-state index contributed by atoms with van der Waals surface area (Å²) in [5.41, 5.74) is -1.84. The van der Waals surface area contributed by atoms with Gasteiger partial charge in [0.2, 0.25) is 11.8 Å². The fraction of sp³-hybridized carbons (Fsp3) is 0.364. The highest BCUT2D eigenvalue weighted by atomic mass is 19.2. The van der Waals surface area contributed by atoms with Crippen LogP contribution in [0.4, 0.5) is 26.3 Å². The average Bonchev–Trinajstić information content (AvgIpc) is 3.15. The third kappa shape index (κ3) is 5.23. The van der Waals surface area contributed by atoms with E-state index in [4.69, 9.17) is 9.47 Å². The zero-order valence-electron chi connectivity index (χ0n) is 17.7. The standard InChI is InChI=1S/2C11H10F3NO/c2*1-11(2)5-16-10(15-11)9-7(13)3-6(12)4-8(9)14/h2*3-4H,5H2,1-2H3. The molecule has 2 aromatic rings. The molecule has 10 heteroatoms. The van der Waals surface area contributed by atoms with E-state index >= 15 is 0 Å². The van der Waals surface area contributed by atoms with E-state index in [1.165, 1.54) is 0 Å². The summed E-state index contributed by atoms with van der Waals surface area (Å²) in [5, 5.41) is 0. The number of rotatable bonds is 2. The number of halogens is 6. The van der Waals surface area contributed by atoms with Gasteiger partial charge in [0.1, 0.15) is 59.2 Å². The van der Waals surface area contributed by atoms with Gasteiger partial charge in [0.05, 0.1) is 11.1 Å². The molecule has 0 saturated carbocycles. The van der Waals surface area contributed by atoms with E-state index in [2.05, 4.69) is 9.98 Å². The van der Waals surface area contributed by atoms with Crippen LogP contribution in [0, 0.1) is 34.9 Å². The van der Waals surface area contributed by atoms with Crippen molar-refractivity contribution in [2.24, 2.45) is 9.98 Å². The van der Waals surface area contributed by atoms with Crippen molar-refractivity contribution < 1.29 is 35.8 Å². The van der Waals surface area contributed by atoms with E-state index < -0.39 is 57.1 Å². The maximum atomic E-state index is 13.4. The summed E-state index contributed by atoms with van der Waals surface area (Å²) >= 11 is 0. The van der Waals surface area contributed by atoms with Gasteiger partial charge in [-0.15, -0.1) is 0 Å². The summed E-state index contributed by atoms with van der Waals surface area (Å²) < 4.78 is 89.1. The Morgan fingerprint density at radius 1 is 0.594 bits per heavy atom. The van der Waals surface area contributed by atoms with Gasteiger partial charge < -0.3 is 9.47 Å². The Hall–Kier alpha value is -3.04. The summed E-state index contributed by atoms with van der Waals surface area (Å²) in [4.78, 5) is 8.07. The average molecular weight is 458 g/mol. The molecule has 0 aromatic heterocycles. The molecular weight excluding hydrogens is 438 g/mol. The molecule has 2 aromatic carbocycles. The molecule has 4 nitrogen and oxygen atoms in total. The Morgan fingerprint density at radius 2 is 0.875 bits per heavy atom. The van der Waals surface area contributed by atoms with Crippen LogP contribution in [0.3, 0.4) is 0 Å². The molecule has 2 aliphatic rings. The molecule has 0 radical (unpaired) electrons. The first-order valence-corrected chi connectivity index (χ1v) is 9.53. The van der Waals surface area contributed by atoms with E-state index in [1.54, 1.807) is 27.7 Å². The molecule has 0 amide bonds. The fourth-order valence-corrected chi connectivity index (χ4v) is 2.92. The van der Waals surface area contributed by atoms with Crippen LogP contribution in [-0.2, 0) is 9.47 Å². The Kier molecular flexibility index (Phi) is 6.26. The Labute approximate surface area is 180 Å². The summed E-state index contributed by atoms with van der Waals surface area (Å²) in [6.45, 7) is 7.61. The minimum absolute atomic E-state index is 0.111. The fourth-order valence-electron chi connectivity index (χ4n) is 2.92. The molecule has 0 spiro atoms. The molecule has 0 fully saturated rings. The second-order valence-electron chi connectivity index (χ2n) is 8.53. The summed E-state index contributed by atoms with van der Waals surface area (Å²) in [5.74, 6) is -6.17. The van der Waals surface area contributed by atoms with Crippen LogP contribution < -0.4 is 0 Å². The van der Waals surface area contributed by atoms with Crippen molar-refractivity contribution in [2.75, 3.05) is 13.2 Å². The lowest BCUT2D eigenvalue weighted by atomic mass is 10.1. The van der Waals surface area contributed by atoms with Crippen LogP contribution in [0.1, 0.15) is 38.8 Å². The van der Waals surface area contributed by atoms with Crippen molar-refractivity contribution in [3.8, 4) is 0 Å². The highest BCUT2D eigenvalue weighted by molar-refractivity contribution is 5.96. The highest BCUT2D eigenvalue weighted by Crippen LogP contribution is 2.25. The van der Waals surface area contributed by atoms with Crippen molar-refractivity contribution in [1.29, 1.82) is 0 Å². The normalized spacial score (nSPS) is 18.2. The van der Waals surface area contributed by atoms with Gasteiger partial charge in [-0.05, 0) is 27.7 Å². The molecule has 0 aliphatic carbocycles. The van der Waals surface area contributed by atoms with Crippen LogP contribution in [-0.4, -0.2) is 36.1 Å². The van der Waals surface area contributed by atoms with Gasteiger partial charge >= 0.3 is 0 Å². The Morgan fingerprint density at radius 3 is 1.09 bits per heavy atom. The molecule has 0 saturated heterocycles. The van der Waals surface area contributed by atoms with E-state index in [1.807, 2.05) is 0 Å². The zero-order chi connectivity index (χ0) is 23.8. The van der Waals surface area contributed by atoms with Crippen LogP contribution in [0.2, 0.25) is 0 Å². The zero-order valence-corrected chi connectivity index (χ0v) is 17.7. The van der Waals surface area contributed by atoms with Crippen molar-refractivity contribution in [1.82, 2.24) is 0 Å². The predicted molar refractivity (Wildman–Crippen MR) is 106 cm³/mol. The van der Waals surface area contributed by atoms with Crippen LogP contribution in [0.5, 0.6) is 0 Å². The van der Waals surface area contributed by atoms with Crippen molar-refractivity contribution >= 4 is 11.8 Å². The van der Waals surface area contributed by atoms with E-state index in [0.717, 1.165) is 0 Å².